The van der Waals surface area contributed by atoms with Crippen LogP contribution in [-0.2, 0) is 19.7 Å². The second kappa shape index (κ2) is 9.15. The van der Waals surface area contributed by atoms with Gasteiger partial charge in [0.25, 0.3) is 0 Å². The zero-order valence-corrected chi connectivity index (χ0v) is 19.2. The summed E-state index contributed by atoms with van der Waals surface area (Å²) in [6.07, 6.45) is 3.73. The number of aromatic nitrogens is 2. The van der Waals surface area contributed by atoms with Crippen LogP contribution in [0.2, 0.25) is 0 Å². The highest BCUT2D eigenvalue weighted by Gasteiger charge is 2.56. The number of carbonyl (C=O) groups is 2. The fourth-order valence-electron chi connectivity index (χ4n) is 5.56. The van der Waals surface area contributed by atoms with Gasteiger partial charge in [-0.25, -0.2) is 8.78 Å². The molecule has 1 unspecified atom stereocenters. The molecule has 0 N–H and O–H groups in total. The molecule has 8 heteroatoms. The van der Waals surface area contributed by atoms with Crippen LogP contribution in [0.25, 0.3) is 11.3 Å². The van der Waals surface area contributed by atoms with Gasteiger partial charge in [-0.2, -0.15) is 10.2 Å². The van der Waals surface area contributed by atoms with Crippen LogP contribution < -0.4 is 0 Å². The molecule has 0 saturated heterocycles. The number of esters is 1. The highest BCUT2D eigenvalue weighted by molar-refractivity contribution is 5.73. The Labute approximate surface area is 192 Å². The van der Waals surface area contributed by atoms with Crippen molar-refractivity contribution in [1.29, 1.82) is 0 Å². The molecule has 3 aliphatic rings. The number of hydrogen-bond donors (Lipinski definition) is 0. The van der Waals surface area contributed by atoms with E-state index in [-0.39, 0.29) is 41.1 Å². The summed E-state index contributed by atoms with van der Waals surface area (Å²) in [5.74, 6) is -1.13. The van der Waals surface area contributed by atoms with Crippen molar-refractivity contribution in [3.05, 3.63) is 47.2 Å². The molecule has 1 aromatic heterocycles. The summed E-state index contributed by atoms with van der Waals surface area (Å²) >= 11 is 0. The van der Waals surface area contributed by atoms with Crippen LogP contribution >= 0.6 is 0 Å². The van der Waals surface area contributed by atoms with Crippen molar-refractivity contribution in [3.8, 4) is 11.3 Å². The lowest BCUT2D eigenvalue weighted by Gasteiger charge is -2.57. The molecule has 2 bridgehead atoms. The quantitative estimate of drug-likeness (QED) is 0.550. The number of halogens is 2. The number of nitrogens with zero attached hydrogens (tertiary/aromatic N) is 3. The Morgan fingerprint density at radius 3 is 2.48 bits per heavy atom. The van der Waals surface area contributed by atoms with Gasteiger partial charge in [-0.05, 0) is 54.9 Å². The summed E-state index contributed by atoms with van der Waals surface area (Å²) in [6, 6.07) is 5.56. The first-order valence-corrected chi connectivity index (χ1v) is 11.5. The summed E-state index contributed by atoms with van der Waals surface area (Å²) in [6.45, 7) is 5.86. The molecule has 0 aliphatic heterocycles. The Kier molecular flexibility index (Phi) is 6.45. The van der Waals surface area contributed by atoms with Gasteiger partial charge in [0.2, 0.25) is 5.91 Å². The van der Waals surface area contributed by atoms with Crippen LogP contribution in [0.1, 0.15) is 63.6 Å². The first-order chi connectivity index (χ1) is 15.8. The SMILES string of the molecule is CCCC1c2cc(-c3c(F)cccc3F)nnc2C2(CN(CCOC(C)=O)C(C)=O)CC1C2. The van der Waals surface area contributed by atoms with Gasteiger partial charge < -0.3 is 9.64 Å². The van der Waals surface area contributed by atoms with Gasteiger partial charge in [-0.15, -0.1) is 0 Å². The van der Waals surface area contributed by atoms with Crippen molar-refractivity contribution < 1.29 is 23.1 Å². The van der Waals surface area contributed by atoms with E-state index in [0.29, 0.717) is 19.0 Å². The molecule has 2 aromatic rings. The van der Waals surface area contributed by atoms with Crippen molar-refractivity contribution in [1.82, 2.24) is 15.1 Å². The standard InChI is InChI=1S/C25H29F2N3O3/c1-4-6-18-17-12-25(13-17,14-30(15(2)31)9-10-33-16(3)32)24-19(18)11-22(28-29-24)23-20(26)7-5-8-21(23)27/h5,7-8,11,17-18H,4,6,9-10,12-14H2,1-3H3. The molecular formula is C25H29F2N3O3. The largest absolute Gasteiger partial charge is 0.464 e. The second-order valence-corrected chi connectivity index (χ2v) is 9.25. The monoisotopic (exact) mass is 457 g/mol. The second-order valence-electron chi connectivity index (χ2n) is 9.25. The van der Waals surface area contributed by atoms with E-state index in [9.17, 15) is 18.4 Å². The van der Waals surface area contributed by atoms with Crippen LogP contribution in [0.15, 0.2) is 24.3 Å². The number of hydrogen-bond acceptors (Lipinski definition) is 5. The molecule has 6 nitrogen and oxygen atoms in total. The predicted molar refractivity (Wildman–Crippen MR) is 118 cm³/mol. The average molecular weight is 458 g/mol. The summed E-state index contributed by atoms with van der Waals surface area (Å²) in [7, 11) is 0. The third kappa shape index (κ3) is 4.35. The first-order valence-electron chi connectivity index (χ1n) is 11.5. The van der Waals surface area contributed by atoms with Crippen LogP contribution in [0.4, 0.5) is 8.78 Å². The summed E-state index contributed by atoms with van der Waals surface area (Å²) in [5.41, 5.74) is 1.49. The maximum atomic E-state index is 14.4. The summed E-state index contributed by atoms with van der Waals surface area (Å²) < 4.78 is 33.9. The minimum absolute atomic E-state index is 0.102. The lowest BCUT2D eigenvalue weighted by Crippen LogP contribution is -2.56. The molecule has 1 amide bonds. The molecular weight excluding hydrogens is 428 g/mol. The normalized spacial score (nSPS) is 22.8. The predicted octanol–water partition coefficient (Wildman–Crippen LogP) is 4.38. The molecule has 0 radical (unpaired) electrons. The Bertz CT molecular complexity index is 1050. The van der Waals surface area contributed by atoms with Crippen molar-refractivity contribution in [2.45, 2.75) is 57.8 Å². The Hall–Kier alpha value is -2.90. The van der Waals surface area contributed by atoms with Crippen LogP contribution in [0.3, 0.4) is 0 Å². The summed E-state index contributed by atoms with van der Waals surface area (Å²) in [4.78, 5) is 25.1. The molecule has 176 valence electrons. The van der Waals surface area contributed by atoms with Gasteiger partial charge >= 0.3 is 5.97 Å². The maximum absolute atomic E-state index is 14.4. The van der Waals surface area contributed by atoms with E-state index in [1.54, 1.807) is 11.0 Å². The lowest BCUT2D eigenvalue weighted by molar-refractivity contribution is -0.143. The van der Waals surface area contributed by atoms with Crippen molar-refractivity contribution >= 4 is 11.9 Å². The molecule has 1 atom stereocenters. The van der Waals surface area contributed by atoms with E-state index in [2.05, 4.69) is 17.1 Å². The number of ether oxygens (including phenoxy) is 1. The lowest BCUT2D eigenvalue weighted by atomic mass is 9.49. The number of benzene rings is 1. The van der Waals surface area contributed by atoms with E-state index in [0.717, 1.165) is 36.9 Å². The van der Waals surface area contributed by atoms with Gasteiger partial charge in [-0.1, -0.05) is 19.4 Å². The van der Waals surface area contributed by atoms with E-state index in [1.807, 2.05) is 0 Å². The Balaban J connectivity index is 1.69. The third-order valence-corrected chi connectivity index (χ3v) is 7.02. The van der Waals surface area contributed by atoms with Gasteiger partial charge in [-0.3, -0.25) is 9.59 Å². The fraction of sp³-hybridized carbons (Fsp3) is 0.520. The molecule has 1 heterocycles. The Morgan fingerprint density at radius 1 is 1.18 bits per heavy atom. The molecule has 1 aromatic carbocycles. The molecule has 1 saturated carbocycles. The van der Waals surface area contributed by atoms with Crippen molar-refractivity contribution in [3.63, 3.8) is 0 Å². The number of amides is 1. The van der Waals surface area contributed by atoms with E-state index >= 15 is 0 Å². The fourth-order valence-corrected chi connectivity index (χ4v) is 5.56. The Morgan fingerprint density at radius 2 is 1.88 bits per heavy atom. The van der Waals surface area contributed by atoms with Crippen molar-refractivity contribution in [2.24, 2.45) is 5.92 Å². The van der Waals surface area contributed by atoms with Gasteiger partial charge in [0.15, 0.2) is 0 Å². The third-order valence-electron chi connectivity index (χ3n) is 7.02. The van der Waals surface area contributed by atoms with Crippen LogP contribution in [0, 0.1) is 17.6 Å². The molecule has 5 rings (SSSR count). The number of rotatable bonds is 8. The minimum atomic E-state index is -0.666. The maximum Gasteiger partial charge on any atom is 0.302 e. The minimum Gasteiger partial charge on any atom is -0.464 e. The average Bonchev–Trinajstić information content (AvgIpc) is 2.73. The van der Waals surface area contributed by atoms with Gasteiger partial charge in [0.1, 0.15) is 18.2 Å². The topological polar surface area (TPSA) is 72.4 Å². The zero-order valence-electron chi connectivity index (χ0n) is 19.2. The molecule has 1 fully saturated rings. The smallest absolute Gasteiger partial charge is 0.302 e. The van der Waals surface area contributed by atoms with Gasteiger partial charge in [0.05, 0.1) is 23.5 Å². The highest BCUT2D eigenvalue weighted by Crippen LogP contribution is 2.60. The van der Waals surface area contributed by atoms with Crippen molar-refractivity contribution in [2.75, 3.05) is 19.7 Å². The number of carbonyl (C=O) groups excluding carboxylic acids is 2. The highest BCUT2D eigenvalue weighted by atomic mass is 19.1. The van der Waals surface area contributed by atoms with Gasteiger partial charge in [0, 0.05) is 25.8 Å². The molecule has 0 spiro atoms. The zero-order chi connectivity index (χ0) is 23.8. The van der Waals surface area contributed by atoms with E-state index in [4.69, 9.17) is 4.74 Å². The molecule has 3 aliphatic carbocycles. The molecule has 33 heavy (non-hydrogen) atoms. The van der Waals surface area contributed by atoms with Crippen LogP contribution in [0.5, 0.6) is 0 Å². The van der Waals surface area contributed by atoms with E-state index in [1.165, 1.54) is 32.0 Å². The van der Waals surface area contributed by atoms with E-state index < -0.39 is 11.6 Å². The summed E-state index contributed by atoms with van der Waals surface area (Å²) in [5, 5.41) is 8.75. The first kappa shape index (κ1) is 23.3. The van der Waals surface area contributed by atoms with Crippen LogP contribution in [-0.4, -0.2) is 46.7 Å².